The zero-order chi connectivity index (χ0) is 17.3. The number of benzene rings is 2. The molecule has 0 fully saturated rings. The molecule has 122 valence electrons. The first kappa shape index (κ1) is 16.8. The lowest BCUT2D eigenvalue weighted by molar-refractivity contribution is -0.113. The summed E-state index contributed by atoms with van der Waals surface area (Å²) in [6.07, 6.45) is 1.74. The van der Waals surface area contributed by atoms with E-state index in [1.807, 2.05) is 31.2 Å². The van der Waals surface area contributed by atoms with E-state index in [9.17, 15) is 9.90 Å². The van der Waals surface area contributed by atoms with Crippen molar-refractivity contribution in [2.24, 2.45) is 4.99 Å². The Kier molecular flexibility index (Phi) is 4.78. The van der Waals surface area contributed by atoms with E-state index in [0.29, 0.717) is 20.2 Å². The van der Waals surface area contributed by atoms with Crippen molar-refractivity contribution in [2.45, 2.75) is 6.92 Å². The molecule has 1 heterocycles. The van der Waals surface area contributed by atoms with Crippen LogP contribution in [-0.4, -0.2) is 23.2 Å². The number of phenols is 1. The molecule has 3 rings (SSSR count). The SMILES string of the molecule is COc1cc(/C=C2\SC(c3ccc(C)cc3)=NC2=O)cc(Br)c1O. The van der Waals surface area contributed by atoms with Crippen molar-refractivity contribution in [2.75, 3.05) is 7.11 Å². The Bertz CT molecular complexity index is 873. The molecule has 2 aromatic rings. The van der Waals surface area contributed by atoms with Crippen molar-refractivity contribution < 1.29 is 14.6 Å². The van der Waals surface area contributed by atoms with Crippen LogP contribution >= 0.6 is 27.7 Å². The van der Waals surface area contributed by atoms with Crippen LogP contribution in [0.15, 0.2) is 50.8 Å². The number of nitrogens with zero attached hydrogens (tertiary/aromatic N) is 1. The number of thioether (sulfide) groups is 1. The molecule has 0 atom stereocenters. The van der Waals surface area contributed by atoms with Crippen LogP contribution in [0.4, 0.5) is 0 Å². The second-order valence-corrected chi connectivity index (χ2v) is 7.14. The van der Waals surface area contributed by atoms with Crippen LogP contribution in [0.3, 0.4) is 0 Å². The Morgan fingerprint density at radius 3 is 2.62 bits per heavy atom. The summed E-state index contributed by atoms with van der Waals surface area (Å²) >= 11 is 4.62. The number of carbonyl (C=O) groups is 1. The van der Waals surface area contributed by atoms with Crippen LogP contribution in [0.5, 0.6) is 11.5 Å². The van der Waals surface area contributed by atoms with Crippen LogP contribution < -0.4 is 4.74 Å². The van der Waals surface area contributed by atoms with Gasteiger partial charge in [0.05, 0.1) is 16.5 Å². The number of hydrogen-bond donors (Lipinski definition) is 1. The average Bonchev–Trinajstić information content (AvgIpc) is 2.92. The number of phenolic OH excluding ortho intramolecular Hbond substituents is 1. The Morgan fingerprint density at radius 1 is 1.25 bits per heavy atom. The number of rotatable bonds is 3. The van der Waals surface area contributed by atoms with Gasteiger partial charge in [0, 0.05) is 5.56 Å². The van der Waals surface area contributed by atoms with E-state index in [1.54, 1.807) is 18.2 Å². The molecule has 1 aliphatic rings. The minimum atomic E-state index is -0.265. The lowest BCUT2D eigenvalue weighted by Gasteiger charge is -2.07. The fourth-order valence-corrected chi connectivity index (χ4v) is 3.59. The van der Waals surface area contributed by atoms with Crippen molar-refractivity contribution in [3.63, 3.8) is 0 Å². The average molecular weight is 404 g/mol. The molecule has 1 aliphatic heterocycles. The van der Waals surface area contributed by atoms with Gasteiger partial charge in [-0.25, -0.2) is 4.99 Å². The summed E-state index contributed by atoms with van der Waals surface area (Å²) in [4.78, 5) is 16.8. The molecule has 0 bridgehead atoms. The standard InChI is InChI=1S/C18H14BrNO3S/c1-10-3-5-12(6-4-10)18-20-17(22)15(24-18)9-11-7-13(19)16(21)14(8-11)23-2/h3-9,21H,1-2H3/b15-9-. The molecule has 0 spiro atoms. The zero-order valence-corrected chi connectivity index (χ0v) is 15.4. The topological polar surface area (TPSA) is 58.9 Å². The van der Waals surface area contributed by atoms with Gasteiger partial charge in [0.15, 0.2) is 11.5 Å². The second-order valence-electron chi connectivity index (χ2n) is 5.25. The van der Waals surface area contributed by atoms with E-state index in [2.05, 4.69) is 20.9 Å². The smallest absolute Gasteiger partial charge is 0.284 e. The Morgan fingerprint density at radius 2 is 1.96 bits per heavy atom. The molecule has 1 N–H and O–H groups in total. The van der Waals surface area contributed by atoms with Gasteiger partial charge in [-0.15, -0.1) is 0 Å². The van der Waals surface area contributed by atoms with Gasteiger partial charge in [0.25, 0.3) is 5.91 Å². The first-order valence-electron chi connectivity index (χ1n) is 7.14. The maximum Gasteiger partial charge on any atom is 0.284 e. The van der Waals surface area contributed by atoms with Crippen LogP contribution in [-0.2, 0) is 4.79 Å². The number of aliphatic imine (C=N–C) groups is 1. The summed E-state index contributed by atoms with van der Waals surface area (Å²) in [5, 5.41) is 10.6. The predicted molar refractivity (Wildman–Crippen MR) is 101 cm³/mol. The number of hydrogen-bond acceptors (Lipinski definition) is 4. The minimum Gasteiger partial charge on any atom is -0.503 e. The lowest BCUT2D eigenvalue weighted by atomic mass is 10.2. The monoisotopic (exact) mass is 403 g/mol. The number of ether oxygens (including phenoxy) is 1. The third kappa shape index (κ3) is 3.39. The fraction of sp³-hybridized carbons (Fsp3) is 0.111. The van der Waals surface area contributed by atoms with E-state index in [0.717, 1.165) is 16.7 Å². The maximum absolute atomic E-state index is 12.2. The number of carbonyl (C=O) groups excluding carboxylic acids is 1. The van der Waals surface area contributed by atoms with Gasteiger partial charge >= 0.3 is 0 Å². The van der Waals surface area contributed by atoms with Gasteiger partial charge in [0.2, 0.25) is 0 Å². The molecular weight excluding hydrogens is 390 g/mol. The quantitative estimate of drug-likeness (QED) is 0.764. The van der Waals surface area contributed by atoms with Gasteiger partial charge in [-0.05, 0) is 46.6 Å². The molecule has 6 heteroatoms. The third-order valence-electron chi connectivity index (χ3n) is 3.49. The normalized spacial score (nSPS) is 15.7. The summed E-state index contributed by atoms with van der Waals surface area (Å²) in [5.41, 5.74) is 2.82. The largest absolute Gasteiger partial charge is 0.503 e. The lowest BCUT2D eigenvalue weighted by Crippen LogP contribution is -1.90. The summed E-state index contributed by atoms with van der Waals surface area (Å²) in [6.45, 7) is 2.01. The Hall–Kier alpha value is -2.05. The van der Waals surface area contributed by atoms with Crippen molar-refractivity contribution >= 4 is 44.7 Å². The molecule has 2 aromatic carbocycles. The fourth-order valence-electron chi connectivity index (χ4n) is 2.21. The molecule has 24 heavy (non-hydrogen) atoms. The summed E-state index contributed by atoms with van der Waals surface area (Å²) < 4.78 is 5.63. The summed E-state index contributed by atoms with van der Waals surface area (Å²) in [5.74, 6) is 0.103. The van der Waals surface area contributed by atoms with E-state index in [1.165, 1.54) is 18.9 Å². The van der Waals surface area contributed by atoms with Crippen molar-refractivity contribution in [1.29, 1.82) is 0 Å². The number of aryl methyl sites for hydroxylation is 1. The third-order valence-corrected chi connectivity index (χ3v) is 5.12. The number of methoxy groups -OCH3 is 1. The Balaban J connectivity index is 1.89. The molecule has 0 aromatic heterocycles. The van der Waals surface area contributed by atoms with E-state index in [4.69, 9.17) is 4.74 Å². The number of aromatic hydroxyl groups is 1. The maximum atomic E-state index is 12.2. The van der Waals surface area contributed by atoms with Crippen LogP contribution in [0.1, 0.15) is 16.7 Å². The van der Waals surface area contributed by atoms with Crippen LogP contribution in [0, 0.1) is 6.92 Å². The first-order valence-corrected chi connectivity index (χ1v) is 8.75. The number of halogens is 1. The highest BCUT2D eigenvalue weighted by Gasteiger charge is 2.23. The van der Waals surface area contributed by atoms with E-state index >= 15 is 0 Å². The van der Waals surface area contributed by atoms with Crippen molar-refractivity contribution in [3.8, 4) is 11.5 Å². The van der Waals surface area contributed by atoms with Gasteiger partial charge in [0.1, 0.15) is 5.04 Å². The minimum absolute atomic E-state index is 0.0293. The molecule has 0 saturated heterocycles. The summed E-state index contributed by atoms with van der Waals surface area (Å²) in [7, 11) is 1.48. The van der Waals surface area contributed by atoms with E-state index in [-0.39, 0.29) is 11.7 Å². The van der Waals surface area contributed by atoms with Crippen LogP contribution in [0.2, 0.25) is 0 Å². The van der Waals surface area contributed by atoms with Crippen molar-refractivity contribution in [3.05, 3.63) is 62.5 Å². The highest BCUT2D eigenvalue weighted by atomic mass is 79.9. The molecule has 0 aliphatic carbocycles. The molecule has 4 nitrogen and oxygen atoms in total. The van der Waals surface area contributed by atoms with Gasteiger partial charge in [-0.2, -0.15) is 0 Å². The van der Waals surface area contributed by atoms with Gasteiger partial charge in [-0.3, -0.25) is 4.79 Å². The zero-order valence-electron chi connectivity index (χ0n) is 13.0. The highest BCUT2D eigenvalue weighted by molar-refractivity contribution is 9.10. The van der Waals surface area contributed by atoms with Gasteiger partial charge < -0.3 is 9.84 Å². The van der Waals surface area contributed by atoms with Crippen LogP contribution in [0.25, 0.3) is 6.08 Å². The molecule has 1 amide bonds. The van der Waals surface area contributed by atoms with Crippen molar-refractivity contribution in [1.82, 2.24) is 0 Å². The number of amides is 1. The molecular formula is C18H14BrNO3S. The summed E-state index contributed by atoms with van der Waals surface area (Å²) in [6, 6.07) is 11.3. The van der Waals surface area contributed by atoms with Gasteiger partial charge in [-0.1, -0.05) is 41.6 Å². The molecule has 0 radical (unpaired) electrons. The second kappa shape index (κ2) is 6.83. The molecule has 0 saturated carbocycles. The first-order chi connectivity index (χ1) is 11.5. The predicted octanol–water partition coefficient (Wildman–Crippen LogP) is 4.53. The Labute approximate surface area is 152 Å². The molecule has 0 unspecified atom stereocenters. The van der Waals surface area contributed by atoms with E-state index < -0.39 is 0 Å². The highest BCUT2D eigenvalue weighted by Crippen LogP contribution is 2.37.